The van der Waals surface area contributed by atoms with Crippen LogP contribution in [-0.2, 0) is 12.8 Å². The molecule has 0 saturated heterocycles. The van der Waals surface area contributed by atoms with Crippen molar-refractivity contribution < 1.29 is 4.74 Å². The van der Waals surface area contributed by atoms with Crippen LogP contribution in [0.1, 0.15) is 35.1 Å². The van der Waals surface area contributed by atoms with Gasteiger partial charge in [0.1, 0.15) is 23.1 Å². The summed E-state index contributed by atoms with van der Waals surface area (Å²) < 4.78 is 6.51. The number of ether oxygens (including phenoxy) is 1. The Kier molecular flexibility index (Phi) is 6.63. The molecule has 0 radical (unpaired) electrons. The molecule has 0 amide bonds. The molecule has 2 aromatic heterocycles. The number of hydrogen-bond donors (Lipinski definition) is 0. The standard InChI is InChI=1S/C36H34N4O/c1-25-16-17-37-35(20-25)39-18-6-10-28-12-14-30(22-33(28)39)41-31-15-13-29-11-7-19-40(34(29)23-31)36-21-26(2)32(24-38-36)27-8-4-3-5-9-27/h3-5,8-9,12-17,20-24H,6-7,10-11,18-19H2,1-2H3. The lowest BCUT2D eigenvalue weighted by Gasteiger charge is -2.32. The molecule has 7 rings (SSSR count). The third-order valence-corrected chi connectivity index (χ3v) is 8.22. The van der Waals surface area contributed by atoms with E-state index in [1.807, 2.05) is 24.5 Å². The number of aromatic nitrogens is 2. The third kappa shape index (κ3) is 5.04. The second-order valence-electron chi connectivity index (χ2n) is 11.1. The van der Waals surface area contributed by atoms with Crippen LogP contribution in [0, 0.1) is 13.8 Å². The molecule has 41 heavy (non-hydrogen) atoms. The lowest BCUT2D eigenvalue weighted by Crippen LogP contribution is -2.25. The van der Waals surface area contributed by atoms with Gasteiger partial charge < -0.3 is 14.5 Å². The quantitative estimate of drug-likeness (QED) is 0.224. The summed E-state index contributed by atoms with van der Waals surface area (Å²) in [6, 6.07) is 29.8. The SMILES string of the molecule is Cc1ccnc(N2CCCc3ccc(Oc4ccc5c(c4)N(c4cc(C)c(-c6ccccc6)cn4)CCC5)cc32)c1. The van der Waals surface area contributed by atoms with Crippen LogP contribution in [0.25, 0.3) is 11.1 Å². The molecule has 0 bridgehead atoms. The second kappa shape index (κ2) is 10.7. The Morgan fingerprint density at radius 2 is 1.29 bits per heavy atom. The van der Waals surface area contributed by atoms with Crippen LogP contribution in [0.2, 0.25) is 0 Å². The molecule has 5 heteroatoms. The van der Waals surface area contributed by atoms with E-state index in [2.05, 4.69) is 101 Å². The number of anilines is 4. The van der Waals surface area contributed by atoms with Crippen LogP contribution in [0.15, 0.2) is 97.3 Å². The van der Waals surface area contributed by atoms with Crippen LogP contribution in [0.3, 0.4) is 0 Å². The van der Waals surface area contributed by atoms with E-state index >= 15 is 0 Å². The highest BCUT2D eigenvalue weighted by Crippen LogP contribution is 2.40. The van der Waals surface area contributed by atoms with E-state index < -0.39 is 0 Å². The first kappa shape index (κ1) is 25.3. The zero-order chi connectivity index (χ0) is 27.8. The second-order valence-corrected chi connectivity index (χ2v) is 11.1. The molecule has 0 N–H and O–H groups in total. The van der Waals surface area contributed by atoms with E-state index in [9.17, 15) is 0 Å². The summed E-state index contributed by atoms with van der Waals surface area (Å²) in [5.41, 5.74) is 9.84. The summed E-state index contributed by atoms with van der Waals surface area (Å²) in [5.74, 6) is 3.65. The molecular weight excluding hydrogens is 504 g/mol. The van der Waals surface area contributed by atoms with Crippen molar-refractivity contribution in [3.63, 3.8) is 0 Å². The normalized spacial score (nSPS) is 14.4. The molecule has 0 spiro atoms. The molecule has 3 aromatic carbocycles. The smallest absolute Gasteiger partial charge is 0.133 e. The van der Waals surface area contributed by atoms with Gasteiger partial charge >= 0.3 is 0 Å². The van der Waals surface area contributed by atoms with Crippen molar-refractivity contribution in [3.8, 4) is 22.6 Å². The molecule has 0 saturated carbocycles. The van der Waals surface area contributed by atoms with Crippen molar-refractivity contribution in [2.75, 3.05) is 22.9 Å². The third-order valence-electron chi connectivity index (χ3n) is 8.22. The molecule has 0 fully saturated rings. The van der Waals surface area contributed by atoms with E-state index in [0.717, 1.165) is 61.9 Å². The summed E-state index contributed by atoms with van der Waals surface area (Å²) in [4.78, 5) is 14.2. The zero-order valence-corrected chi connectivity index (χ0v) is 23.7. The van der Waals surface area contributed by atoms with Crippen LogP contribution < -0.4 is 14.5 Å². The highest BCUT2D eigenvalue weighted by Gasteiger charge is 2.23. The summed E-state index contributed by atoms with van der Waals surface area (Å²) in [6.45, 7) is 6.17. The fraction of sp³-hybridized carbons (Fsp3) is 0.222. The van der Waals surface area contributed by atoms with Gasteiger partial charge in [0.15, 0.2) is 0 Å². The van der Waals surface area contributed by atoms with Gasteiger partial charge in [-0.15, -0.1) is 0 Å². The number of benzene rings is 3. The Bertz CT molecular complexity index is 1710. The maximum absolute atomic E-state index is 6.51. The zero-order valence-electron chi connectivity index (χ0n) is 23.7. The summed E-state index contributed by atoms with van der Waals surface area (Å²) in [6.07, 6.45) is 8.25. The summed E-state index contributed by atoms with van der Waals surface area (Å²) in [5, 5.41) is 0. The largest absolute Gasteiger partial charge is 0.457 e. The minimum atomic E-state index is 0.837. The van der Waals surface area contributed by atoms with Crippen molar-refractivity contribution in [2.45, 2.75) is 39.5 Å². The first-order valence-electron chi connectivity index (χ1n) is 14.6. The van der Waals surface area contributed by atoms with Crippen molar-refractivity contribution in [3.05, 3.63) is 120 Å². The van der Waals surface area contributed by atoms with Crippen LogP contribution in [-0.4, -0.2) is 23.1 Å². The van der Waals surface area contributed by atoms with Crippen molar-refractivity contribution in [1.82, 2.24) is 9.97 Å². The average Bonchev–Trinajstić information content (AvgIpc) is 3.01. The molecule has 5 nitrogen and oxygen atoms in total. The van der Waals surface area contributed by atoms with E-state index in [0.29, 0.717) is 0 Å². The van der Waals surface area contributed by atoms with Crippen molar-refractivity contribution >= 4 is 23.0 Å². The fourth-order valence-corrected chi connectivity index (χ4v) is 6.12. The minimum Gasteiger partial charge on any atom is -0.457 e. The number of hydrogen-bond acceptors (Lipinski definition) is 5. The number of fused-ring (bicyclic) bond motifs is 2. The van der Waals surface area contributed by atoms with E-state index in [1.165, 1.54) is 44.8 Å². The van der Waals surface area contributed by atoms with Gasteiger partial charge in [0, 0.05) is 54.6 Å². The Morgan fingerprint density at radius 3 is 1.90 bits per heavy atom. The van der Waals surface area contributed by atoms with Gasteiger partial charge in [-0.3, -0.25) is 0 Å². The summed E-state index contributed by atoms with van der Waals surface area (Å²) in [7, 11) is 0. The predicted octanol–water partition coefficient (Wildman–Crippen LogP) is 8.72. The molecule has 0 atom stereocenters. The van der Waals surface area contributed by atoms with Gasteiger partial charge in [-0.05, 0) is 97.7 Å². The first-order valence-corrected chi connectivity index (χ1v) is 14.6. The van der Waals surface area contributed by atoms with Crippen LogP contribution >= 0.6 is 0 Å². The molecular formula is C36H34N4O. The van der Waals surface area contributed by atoms with E-state index in [1.54, 1.807) is 0 Å². The molecule has 5 aromatic rings. The average molecular weight is 539 g/mol. The number of nitrogens with zero attached hydrogens (tertiary/aromatic N) is 4. The Morgan fingerprint density at radius 1 is 0.659 bits per heavy atom. The molecule has 4 heterocycles. The lowest BCUT2D eigenvalue weighted by atomic mass is 10.00. The Balaban J connectivity index is 1.18. The Hall–Kier alpha value is -4.64. The van der Waals surface area contributed by atoms with E-state index in [-0.39, 0.29) is 0 Å². The number of aryl methyl sites for hydroxylation is 4. The van der Waals surface area contributed by atoms with Gasteiger partial charge in [-0.1, -0.05) is 42.5 Å². The van der Waals surface area contributed by atoms with Gasteiger partial charge in [0.2, 0.25) is 0 Å². The monoisotopic (exact) mass is 538 g/mol. The van der Waals surface area contributed by atoms with Crippen molar-refractivity contribution in [2.24, 2.45) is 0 Å². The van der Waals surface area contributed by atoms with Gasteiger partial charge in [-0.2, -0.15) is 0 Å². The summed E-state index contributed by atoms with van der Waals surface area (Å²) >= 11 is 0. The van der Waals surface area contributed by atoms with Crippen LogP contribution in [0.5, 0.6) is 11.5 Å². The fourth-order valence-electron chi connectivity index (χ4n) is 6.12. The van der Waals surface area contributed by atoms with Gasteiger partial charge in [-0.25, -0.2) is 9.97 Å². The topological polar surface area (TPSA) is 41.5 Å². The molecule has 2 aliphatic heterocycles. The maximum atomic E-state index is 6.51. The Labute approximate surface area is 242 Å². The molecule has 204 valence electrons. The highest BCUT2D eigenvalue weighted by atomic mass is 16.5. The van der Waals surface area contributed by atoms with Crippen LogP contribution in [0.4, 0.5) is 23.0 Å². The van der Waals surface area contributed by atoms with E-state index in [4.69, 9.17) is 9.72 Å². The van der Waals surface area contributed by atoms with Gasteiger partial charge in [0.25, 0.3) is 0 Å². The lowest BCUT2D eigenvalue weighted by molar-refractivity contribution is 0.481. The predicted molar refractivity (Wildman–Crippen MR) is 167 cm³/mol. The maximum Gasteiger partial charge on any atom is 0.133 e. The number of pyridine rings is 2. The first-order chi connectivity index (χ1) is 20.1. The van der Waals surface area contributed by atoms with Crippen molar-refractivity contribution in [1.29, 1.82) is 0 Å². The number of rotatable bonds is 5. The molecule has 0 unspecified atom stereocenters. The highest BCUT2D eigenvalue weighted by molar-refractivity contribution is 5.73. The molecule has 0 aliphatic carbocycles. The van der Waals surface area contributed by atoms with Gasteiger partial charge in [0.05, 0.1) is 0 Å². The molecule has 2 aliphatic rings. The minimum absolute atomic E-state index is 0.837.